The van der Waals surface area contributed by atoms with Crippen molar-refractivity contribution in [3.05, 3.63) is 29.8 Å². The number of nitrogens with two attached hydrogens (primary N) is 1. The summed E-state index contributed by atoms with van der Waals surface area (Å²) in [6.45, 7) is 0. The van der Waals surface area contributed by atoms with Crippen LogP contribution in [0.15, 0.2) is 24.3 Å². The van der Waals surface area contributed by atoms with Crippen molar-refractivity contribution < 1.29 is 18.0 Å². The fraction of sp³-hybridized carbons (Fsp3) is 0.111. The number of carbonyl (C=O) groups excluding carboxylic acids is 1. The van der Waals surface area contributed by atoms with Crippen molar-refractivity contribution in [2.24, 2.45) is 5.73 Å². The van der Waals surface area contributed by atoms with Crippen molar-refractivity contribution in [1.82, 2.24) is 5.32 Å². The van der Waals surface area contributed by atoms with E-state index in [1.54, 1.807) is 0 Å². The molecule has 4 N–H and O–H groups in total. The van der Waals surface area contributed by atoms with E-state index in [2.05, 4.69) is 12.2 Å². The molecule has 0 heterocycles. The number of halogens is 3. The van der Waals surface area contributed by atoms with Crippen molar-refractivity contribution in [1.29, 1.82) is 0 Å². The molecular weight excluding hydrogens is 255 g/mol. The van der Waals surface area contributed by atoms with Crippen LogP contribution in [0.3, 0.4) is 0 Å². The first-order valence-electron chi connectivity index (χ1n) is 4.34. The zero-order chi connectivity index (χ0) is 13.1. The number of urea groups is 1. The number of nitrogens with one attached hydrogen (secondary N) is 2. The summed E-state index contributed by atoms with van der Waals surface area (Å²) < 4.78 is 37.6. The molecule has 1 aromatic rings. The molecule has 17 heavy (non-hydrogen) atoms. The van der Waals surface area contributed by atoms with Crippen LogP contribution < -0.4 is 16.4 Å². The molecule has 0 aliphatic carbocycles. The van der Waals surface area contributed by atoms with Gasteiger partial charge in [-0.25, -0.2) is 4.79 Å². The van der Waals surface area contributed by atoms with Gasteiger partial charge in [-0.15, -0.1) is 0 Å². The highest BCUT2D eigenvalue weighted by Gasteiger charge is 2.33. The fourth-order valence-electron chi connectivity index (χ4n) is 1.10. The molecule has 1 aromatic carbocycles. The quantitative estimate of drug-likeness (QED) is 0.679. The molecule has 0 atom stereocenters. The molecule has 0 bridgehead atoms. The van der Waals surface area contributed by atoms with E-state index < -0.39 is 17.8 Å². The van der Waals surface area contributed by atoms with Crippen LogP contribution in [0.25, 0.3) is 0 Å². The fourth-order valence-corrected chi connectivity index (χ4v) is 1.20. The van der Waals surface area contributed by atoms with Gasteiger partial charge in [0.2, 0.25) is 0 Å². The first-order chi connectivity index (χ1) is 7.80. The average Bonchev–Trinajstić information content (AvgIpc) is 2.15. The van der Waals surface area contributed by atoms with Gasteiger partial charge in [-0.1, -0.05) is 12.1 Å². The summed E-state index contributed by atoms with van der Waals surface area (Å²) in [6, 6.07) is 3.65. The molecule has 0 aliphatic heterocycles. The number of alkyl halides is 3. The van der Waals surface area contributed by atoms with E-state index in [1.807, 2.05) is 10.6 Å². The van der Waals surface area contributed by atoms with Gasteiger partial charge in [0.15, 0.2) is 5.11 Å². The van der Waals surface area contributed by atoms with E-state index in [0.29, 0.717) is 0 Å². The Morgan fingerprint density at radius 1 is 1.29 bits per heavy atom. The molecular formula is C9H8F3N3OS. The lowest BCUT2D eigenvalue weighted by Crippen LogP contribution is -2.38. The van der Waals surface area contributed by atoms with Crippen molar-refractivity contribution in [3.8, 4) is 0 Å². The third-order valence-corrected chi connectivity index (χ3v) is 1.82. The largest absolute Gasteiger partial charge is 0.418 e. The molecule has 8 heteroatoms. The van der Waals surface area contributed by atoms with Crippen LogP contribution >= 0.6 is 12.2 Å². The lowest BCUT2D eigenvalue weighted by Gasteiger charge is -2.13. The van der Waals surface area contributed by atoms with Crippen LogP contribution in [0.1, 0.15) is 5.56 Å². The van der Waals surface area contributed by atoms with Crippen LogP contribution in [0.5, 0.6) is 0 Å². The highest BCUT2D eigenvalue weighted by atomic mass is 32.1. The monoisotopic (exact) mass is 263 g/mol. The second-order valence-electron chi connectivity index (χ2n) is 2.99. The Morgan fingerprint density at radius 2 is 1.88 bits per heavy atom. The number of thiocarbonyl (C=S) groups is 1. The van der Waals surface area contributed by atoms with E-state index in [0.717, 1.165) is 12.1 Å². The van der Waals surface area contributed by atoms with E-state index >= 15 is 0 Å². The standard InChI is InChI=1S/C9H8F3N3OS/c10-9(11,12)5-3-1-2-4-6(5)14-8(16)15-7(13)17/h1-4H,(H4,13,14,15,16,17). The maximum atomic E-state index is 12.5. The topological polar surface area (TPSA) is 67.1 Å². The third kappa shape index (κ3) is 3.91. The number of amides is 2. The van der Waals surface area contributed by atoms with E-state index in [9.17, 15) is 18.0 Å². The first kappa shape index (κ1) is 13.2. The van der Waals surface area contributed by atoms with Gasteiger partial charge >= 0.3 is 12.2 Å². The molecule has 92 valence electrons. The minimum Gasteiger partial charge on any atom is -0.376 e. The molecule has 0 radical (unpaired) electrons. The Kier molecular flexibility index (Phi) is 3.89. The summed E-state index contributed by atoms with van der Waals surface area (Å²) in [5.41, 5.74) is 3.70. The van der Waals surface area contributed by atoms with E-state index in [1.165, 1.54) is 12.1 Å². The van der Waals surface area contributed by atoms with E-state index in [4.69, 9.17) is 5.73 Å². The zero-order valence-electron chi connectivity index (χ0n) is 8.34. The second-order valence-corrected chi connectivity index (χ2v) is 3.43. The molecule has 0 unspecified atom stereocenters. The summed E-state index contributed by atoms with van der Waals surface area (Å²) in [4.78, 5) is 11.1. The molecule has 1 rings (SSSR count). The van der Waals surface area contributed by atoms with Crippen molar-refractivity contribution in [2.75, 3.05) is 5.32 Å². The van der Waals surface area contributed by atoms with Gasteiger partial charge in [0.1, 0.15) is 0 Å². The number of hydrogen-bond donors (Lipinski definition) is 3. The van der Waals surface area contributed by atoms with Crippen molar-refractivity contribution >= 4 is 29.0 Å². The number of carbonyl (C=O) groups is 1. The molecule has 0 aliphatic rings. The molecule has 0 spiro atoms. The smallest absolute Gasteiger partial charge is 0.376 e. The van der Waals surface area contributed by atoms with Gasteiger partial charge in [0.05, 0.1) is 11.3 Å². The Morgan fingerprint density at radius 3 is 2.41 bits per heavy atom. The van der Waals surface area contributed by atoms with E-state index in [-0.39, 0.29) is 10.8 Å². The SMILES string of the molecule is NC(=S)NC(=O)Nc1ccccc1C(F)(F)F. The van der Waals surface area contributed by atoms with Crippen LogP contribution in [0.4, 0.5) is 23.7 Å². The Labute approximate surface area is 100.0 Å². The van der Waals surface area contributed by atoms with Crippen LogP contribution in [0.2, 0.25) is 0 Å². The van der Waals surface area contributed by atoms with Gasteiger partial charge in [-0.2, -0.15) is 13.2 Å². The number of hydrogen-bond acceptors (Lipinski definition) is 2. The van der Waals surface area contributed by atoms with Gasteiger partial charge < -0.3 is 11.1 Å². The number of anilines is 1. The van der Waals surface area contributed by atoms with Gasteiger partial charge in [0.25, 0.3) is 0 Å². The molecule has 0 saturated carbocycles. The van der Waals surface area contributed by atoms with Gasteiger partial charge in [0, 0.05) is 0 Å². The van der Waals surface area contributed by atoms with Gasteiger partial charge in [-0.3, -0.25) is 5.32 Å². The van der Waals surface area contributed by atoms with Crippen LogP contribution in [-0.4, -0.2) is 11.1 Å². The lowest BCUT2D eigenvalue weighted by atomic mass is 10.1. The second kappa shape index (κ2) is 5.00. The molecule has 0 aromatic heterocycles. The third-order valence-electron chi connectivity index (χ3n) is 1.72. The zero-order valence-corrected chi connectivity index (χ0v) is 9.15. The molecule has 4 nitrogen and oxygen atoms in total. The Balaban J connectivity index is 2.92. The van der Waals surface area contributed by atoms with Crippen LogP contribution in [0, 0.1) is 0 Å². The predicted molar refractivity (Wildman–Crippen MR) is 60.4 cm³/mol. The normalized spacial score (nSPS) is 10.8. The minimum absolute atomic E-state index is 0.327. The summed E-state index contributed by atoms with van der Waals surface area (Å²) >= 11 is 4.38. The maximum Gasteiger partial charge on any atom is 0.418 e. The Hall–Kier alpha value is -1.83. The summed E-state index contributed by atoms with van der Waals surface area (Å²) in [6.07, 6.45) is -4.55. The summed E-state index contributed by atoms with van der Waals surface area (Å²) in [7, 11) is 0. The number of rotatable bonds is 1. The highest BCUT2D eigenvalue weighted by molar-refractivity contribution is 7.80. The predicted octanol–water partition coefficient (Wildman–Crippen LogP) is 2.07. The number of benzene rings is 1. The maximum absolute atomic E-state index is 12.5. The summed E-state index contributed by atoms with van der Waals surface area (Å²) in [5, 5.41) is 3.65. The molecule has 2 amide bonds. The summed E-state index contributed by atoms with van der Waals surface area (Å²) in [5.74, 6) is 0. The number of para-hydroxylation sites is 1. The average molecular weight is 263 g/mol. The first-order valence-corrected chi connectivity index (χ1v) is 4.75. The minimum atomic E-state index is -4.55. The van der Waals surface area contributed by atoms with Crippen molar-refractivity contribution in [2.45, 2.75) is 6.18 Å². The lowest BCUT2D eigenvalue weighted by molar-refractivity contribution is -0.136. The van der Waals surface area contributed by atoms with Gasteiger partial charge in [-0.05, 0) is 24.4 Å². The Bertz CT molecular complexity index is 447. The van der Waals surface area contributed by atoms with Crippen LogP contribution in [-0.2, 0) is 6.18 Å². The van der Waals surface area contributed by atoms with Crippen molar-refractivity contribution in [3.63, 3.8) is 0 Å². The molecule has 0 fully saturated rings. The highest BCUT2D eigenvalue weighted by Crippen LogP contribution is 2.34. The molecule has 0 saturated heterocycles.